The number of aromatic hydroxyl groups is 1. The van der Waals surface area contributed by atoms with Crippen LogP contribution in [0.2, 0.25) is 0 Å². The van der Waals surface area contributed by atoms with Crippen molar-refractivity contribution in [3.05, 3.63) is 82.1 Å². The Balaban J connectivity index is 1.81. The highest BCUT2D eigenvalue weighted by Crippen LogP contribution is 2.37. The third-order valence-corrected chi connectivity index (χ3v) is 4.76. The first kappa shape index (κ1) is 19.0. The number of nitrogens with one attached hydrogen (secondary N) is 1. The maximum absolute atomic E-state index is 13.1. The Morgan fingerprint density at radius 3 is 2.37 bits per heavy atom. The van der Waals surface area contributed by atoms with Crippen LogP contribution in [0, 0.1) is 5.82 Å². The molecule has 0 aliphatic heterocycles. The number of ether oxygens (including phenoxy) is 2. The second kappa shape index (κ2) is 8.77. The van der Waals surface area contributed by atoms with Crippen LogP contribution in [0.25, 0.3) is 0 Å². The van der Waals surface area contributed by atoms with Crippen molar-refractivity contribution in [2.45, 2.75) is 13.2 Å². The van der Waals surface area contributed by atoms with E-state index in [-0.39, 0.29) is 11.6 Å². The number of halogens is 2. The zero-order chi connectivity index (χ0) is 19.2. The Morgan fingerprint density at radius 2 is 1.70 bits per heavy atom. The van der Waals surface area contributed by atoms with Crippen molar-refractivity contribution in [1.29, 1.82) is 0 Å². The van der Waals surface area contributed by atoms with Crippen LogP contribution in [-0.4, -0.2) is 12.2 Å². The van der Waals surface area contributed by atoms with E-state index in [4.69, 9.17) is 9.47 Å². The Labute approximate surface area is 165 Å². The van der Waals surface area contributed by atoms with Crippen molar-refractivity contribution in [3.8, 4) is 17.2 Å². The van der Waals surface area contributed by atoms with Crippen LogP contribution in [0.3, 0.4) is 0 Å². The van der Waals surface area contributed by atoms with E-state index in [2.05, 4.69) is 21.2 Å². The molecule has 0 bridgehead atoms. The minimum absolute atomic E-state index is 0.214. The minimum atomic E-state index is -0.280. The molecule has 4 nitrogen and oxygen atoms in total. The number of hydrogen-bond donors (Lipinski definition) is 2. The van der Waals surface area contributed by atoms with Gasteiger partial charge in [-0.05, 0) is 54.1 Å². The smallest absolute Gasteiger partial charge is 0.167 e. The molecule has 3 aromatic carbocycles. The highest BCUT2D eigenvalue weighted by atomic mass is 79.9. The molecule has 0 spiro atoms. The van der Waals surface area contributed by atoms with Crippen LogP contribution in [0.5, 0.6) is 17.2 Å². The normalized spacial score (nSPS) is 10.5. The number of rotatable bonds is 7. The fraction of sp³-hybridized carbons (Fsp3) is 0.143. The van der Waals surface area contributed by atoms with E-state index in [0.717, 1.165) is 21.3 Å². The molecule has 0 heterocycles. The summed E-state index contributed by atoms with van der Waals surface area (Å²) in [4.78, 5) is 0. The molecule has 0 atom stereocenters. The Kier molecular flexibility index (Phi) is 6.19. The molecule has 0 aliphatic rings. The van der Waals surface area contributed by atoms with E-state index in [1.54, 1.807) is 43.5 Å². The molecule has 0 saturated heterocycles. The molecule has 0 aromatic heterocycles. The first-order chi connectivity index (χ1) is 13.1. The first-order valence-electron chi connectivity index (χ1n) is 8.32. The Hall–Kier alpha value is -2.73. The average molecular weight is 432 g/mol. The summed E-state index contributed by atoms with van der Waals surface area (Å²) in [6.45, 7) is 0.778. The van der Waals surface area contributed by atoms with Gasteiger partial charge in [0, 0.05) is 22.3 Å². The van der Waals surface area contributed by atoms with Gasteiger partial charge in [-0.1, -0.05) is 28.1 Å². The summed E-state index contributed by atoms with van der Waals surface area (Å²) in [5, 5.41) is 12.7. The molecule has 0 aliphatic carbocycles. The van der Waals surface area contributed by atoms with Gasteiger partial charge in [0.15, 0.2) is 11.5 Å². The molecule has 3 aromatic rings. The third kappa shape index (κ3) is 4.92. The number of anilines is 1. The van der Waals surface area contributed by atoms with E-state index in [1.165, 1.54) is 12.1 Å². The third-order valence-electron chi connectivity index (χ3n) is 4.02. The molecule has 0 unspecified atom stereocenters. The molecular weight excluding hydrogens is 413 g/mol. The van der Waals surface area contributed by atoms with Gasteiger partial charge in [-0.15, -0.1) is 0 Å². The SMILES string of the molecule is COc1ccc(Br)c(CNc2ccc(O)cc2)c1OCc1ccc(F)cc1. The summed E-state index contributed by atoms with van der Waals surface area (Å²) in [6.07, 6.45) is 0. The van der Waals surface area contributed by atoms with E-state index >= 15 is 0 Å². The topological polar surface area (TPSA) is 50.7 Å². The largest absolute Gasteiger partial charge is 0.508 e. The average Bonchev–Trinajstić information content (AvgIpc) is 2.68. The predicted octanol–water partition coefficient (Wildman–Crippen LogP) is 5.49. The number of benzene rings is 3. The summed E-state index contributed by atoms with van der Waals surface area (Å²) in [5.41, 5.74) is 2.62. The monoisotopic (exact) mass is 431 g/mol. The van der Waals surface area contributed by atoms with Gasteiger partial charge in [-0.3, -0.25) is 0 Å². The maximum Gasteiger partial charge on any atom is 0.167 e. The van der Waals surface area contributed by atoms with Crippen molar-refractivity contribution >= 4 is 21.6 Å². The summed E-state index contributed by atoms with van der Waals surface area (Å²) in [7, 11) is 1.59. The molecule has 2 N–H and O–H groups in total. The second-order valence-electron chi connectivity index (χ2n) is 5.87. The van der Waals surface area contributed by atoms with Gasteiger partial charge >= 0.3 is 0 Å². The van der Waals surface area contributed by atoms with Gasteiger partial charge in [0.1, 0.15) is 18.2 Å². The highest BCUT2D eigenvalue weighted by molar-refractivity contribution is 9.10. The Bertz CT molecular complexity index is 899. The van der Waals surface area contributed by atoms with Crippen molar-refractivity contribution in [2.24, 2.45) is 0 Å². The number of phenols is 1. The highest BCUT2D eigenvalue weighted by Gasteiger charge is 2.15. The predicted molar refractivity (Wildman–Crippen MR) is 107 cm³/mol. The summed E-state index contributed by atoms with van der Waals surface area (Å²) >= 11 is 3.57. The molecule has 140 valence electrons. The molecule has 0 fully saturated rings. The standard InChI is InChI=1S/C21H19BrFNO3/c1-26-20-11-10-19(22)18(12-24-16-6-8-17(25)9-7-16)21(20)27-13-14-2-4-15(23)5-3-14/h2-11,24-25H,12-13H2,1H3. The lowest BCUT2D eigenvalue weighted by Gasteiger charge is -2.17. The molecule has 6 heteroatoms. The zero-order valence-corrected chi connectivity index (χ0v) is 16.3. The van der Waals surface area contributed by atoms with Crippen LogP contribution in [-0.2, 0) is 13.2 Å². The summed E-state index contributed by atoms with van der Waals surface area (Å²) in [5.74, 6) is 1.16. The van der Waals surface area contributed by atoms with Crippen molar-refractivity contribution in [2.75, 3.05) is 12.4 Å². The lowest BCUT2D eigenvalue weighted by Crippen LogP contribution is -2.06. The van der Waals surface area contributed by atoms with Crippen LogP contribution >= 0.6 is 15.9 Å². The lowest BCUT2D eigenvalue weighted by atomic mass is 10.1. The second-order valence-corrected chi connectivity index (χ2v) is 6.73. The van der Waals surface area contributed by atoms with Crippen LogP contribution in [0.1, 0.15) is 11.1 Å². The zero-order valence-electron chi connectivity index (χ0n) is 14.7. The number of phenolic OH excluding ortho intramolecular Hbond substituents is 1. The molecule has 27 heavy (non-hydrogen) atoms. The van der Waals surface area contributed by atoms with Gasteiger partial charge in [-0.2, -0.15) is 0 Å². The Morgan fingerprint density at radius 1 is 1.00 bits per heavy atom. The van der Waals surface area contributed by atoms with Gasteiger partial charge in [0.05, 0.1) is 7.11 Å². The van der Waals surface area contributed by atoms with Crippen molar-refractivity contribution < 1.29 is 19.0 Å². The van der Waals surface area contributed by atoms with E-state index < -0.39 is 0 Å². The maximum atomic E-state index is 13.1. The number of methoxy groups -OCH3 is 1. The lowest BCUT2D eigenvalue weighted by molar-refractivity contribution is 0.281. The van der Waals surface area contributed by atoms with Crippen LogP contribution in [0.4, 0.5) is 10.1 Å². The van der Waals surface area contributed by atoms with Gasteiger partial charge in [-0.25, -0.2) is 4.39 Å². The molecule has 0 radical (unpaired) electrons. The molecular formula is C21H19BrFNO3. The first-order valence-corrected chi connectivity index (χ1v) is 9.11. The van der Waals surface area contributed by atoms with Crippen LogP contribution < -0.4 is 14.8 Å². The van der Waals surface area contributed by atoms with Crippen molar-refractivity contribution in [1.82, 2.24) is 0 Å². The molecule has 0 saturated carbocycles. The van der Waals surface area contributed by atoms with E-state index in [9.17, 15) is 9.50 Å². The van der Waals surface area contributed by atoms with Crippen LogP contribution in [0.15, 0.2) is 65.1 Å². The fourth-order valence-electron chi connectivity index (χ4n) is 2.57. The van der Waals surface area contributed by atoms with Gasteiger partial charge < -0.3 is 19.9 Å². The summed E-state index contributed by atoms with van der Waals surface area (Å²) < 4.78 is 25.4. The van der Waals surface area contributed by atoms with Gasteiger partial charge in [0.25, 0.3) is 0 Å². The minimum Gasteiger partial charge on any atom is -0.508 e. The summed E-state index contributed by atoms with van der Waals surface area (Å²) in [6, 6.07) is 16.7. The quantitative estimate of drug-likeness (QED) is 0.485. The fourth-order valence-corrected chi connectivity index (χ4v) is 3.02. The number of hydrogen-bond acceptors (Lipinski definition) is 4. The van der Waals surface area contributed by atoms with Gasteiger partial charge in [0.2, 0.25) is 0 Å². The molecule has 3 rings (SSSR count). The van der Waals surface area contributed by atoms with Crippen molar-refractivity contribution in [3.63, 3.8) is 0 Å². The molecule has 0 amide bonds. The van der Waals surface area contributed by atoms with E-state index in [1.807, 2.05) is 12.1 Å². The van der Waals surface area contributed by atoms with E-state index in [0.29, 0.717) is 24.7 Å².